The number of hydrogen-bond donors (Lipinski definition) is 2. The van der Waals surface area contributed by atoms with Gasteiger partial charge in [-0.3, -0.25) is 4.79 Å². The topological polar surface area (TPSA) is 97.0 Å². The monoisotopic (exact) mass is 391 g/mol. The van der Waals surface area contributed by atoms with Crippen LogP contribution in [0.5, 0.6) is 11.5 Å². The summed E-state index contributed by atoms with van der Waals surface area (Å²) in [6.07, 6.45) is 1.52. The average molecular weight is 392 g/mol. The second kappa shape index (κ2) is 7.77. The number of methoxy groups -OCH3 is 1. The van der Waals surface area contributed by atoms with Crippen molar-refractivity contribution in [3.05, 3.63) is 12.1 Å². The van der Waals surface area contributed by atoms with E-state index in [9.17, 15) is 13.2 Å². The number of rotatable bonds is 4. The fourth-order valence-corrected chi connectivity index (χ4v) is 4.54. The number of fused-ring (bicyclic) bond motifs is 1. The number of ether oxygens (including phenoxy) is 2. The maximum Gasteiger partial charge on any atom is 0.262 e. The number of carbonyl (C=O) groups is 1. The standard InChI is InChI=1S/C15H21N3O5S.ClH/c1-18(10-3-5-16-6-4-10)24(20,21)14-8-12-11(7-13(14)22-2)17-15(19)9-23-12;/h7-8,10,16H,3-6,9H2,1-2H3,(H,17,19);1H. The normalized spacial score (nSPS) is 18.0. The average Bonchev–Trinajstić information content (AvgIpc) is 2.60. The zero-order valence-electron chi connectivity index (χ0n) is 14.1. The van der Waals surface area contributed by atoms with Gasteiger partial charge >= 0.3 is 0 Å². The van der Waals surface area contributed by atoms with E-state index in [1.165, 1.54) is 23.5 Å². The van der Waals surface area contributed by atoms with E-state index in [0.29, 0.717) is 11.4 Å². The molecule has 2 heterocycles. The summed E-state index contributed by atoms with van der Waals surface area (Å²) in [7, 11) is -0.751. The molecule has 0 bridgehead atoms. The van der Waals surface area contributed by atoms with Crippen molar-refractivity contribution in [1.29, 1.82) is 0 Å². The minimum atomic E-state index is -3.74. The zero-order chi connectivity index (χ0) is 17.3. The molecule has 25 heavy (non-hydrogen) atoms. The highest BCUT2D eigenvalue weighted by Gasteiger charge is 2.33. The molecule has 10 heteroatoms. The van der Waals surface area contributed by atoms with Gasteiger partial charge in [0.1, 0.15) is 16.4 Å². The van der Waals surface area contributed by atoms with Crippen LogP contribution in [0.2, 0.25) is 0 Å². The Morgan fingerprint density at radius 2 is 1.96 bits per heavy atom. The van der Waals surface area contributed by atoms with Crippen molar-refractivity contribution in [3.8, 4) is 11.5 Å². The molecule has 1 aromatic carbocycles. The molecule has 2 aliphatic rings. The Bertz CT molecular complexity index is 750. The van der Waals surface area contributed by atoms with E-state index in [4.69, 9.17) is 9.47 Å². The van der Waals surface area contributed by atoms with Gasteiger partial charge in [0, 0.05) is 25.2 Å². The first-order valence-electron chi connectivity index (χ1n) is 7.77. The molecule has 0 atom stereocenters. The van der Waals surface area contributed by atoms with E-state index in [1.807, 2.05) is 0 Å². The summed E-state index contributed by atoms with van der Waals surface area (Å²) in [5.74, 6) is 0.222. The fourth-order valence-electron chi connectivity index (χ4n) is 2.97. The number of nitrogens with zero attached hydrogens (tertiary/aromatic N) is 1. The van der Waals surface area contributed by atoms with Crippen molar-refractivity contribution in [2.75, 3.05) is 39.2 Å². The van der Waals surface area contributed by atoms with Crippen molar-refractivity contribution >= 4 is 34.0 Å². The summed E-state index contributed by atoms with van der Waals surface area (Å²) in [6, 6.07) is 2.84. The Kier molecular flexibility index (Phi) is 6.15. The van der Waals surface area contributed by atoms with Gasteiger partial charge in [0.25, 0.3) is 5.91 Å². The molecule has 0 aliphatic carbocycles. The highest BCUT2D eigenvalue weighted by atomic mass is 35.5. The molecular formula is C15H22ClN3O5S. The minimum Gasteiger partial charge on any atom is -0.495 e. The maximum absolute atomic E-state index is 13.0. The van der Waals surface area contributed by atoms with Crippen LogP contribution in [0.25, 0.3) is 0 Å². The van der Waals surface area contributed by atoms with Crippen LogP contribution in [0.4, 0.5) is 5.69 Å². The third-order valence-electron chi connectivity index (χ3n) is 4.38. The lowest BCUT2D eigenvalue weighted by atomic mass is 10.1. The van der Waals surface area contributed by atoms with Crippen LogP contribution in [0, 0.1) is 0 Å². The molecule has 0 aromatic heterocycles. The van der Waals surface area contributed by atoms with E-state index in [1.54, 1.807) is 7.05 Å². The number of sulfonamides is 1. The number of carbonyl (C=O) groups excluding carboxylic acids is 1. The smallest absolute Gasteiger partial charge is 0.262 e. The molecule has 140 valence electrons. The van der Waals surface area contributed by atoms with E-state index in [-0.39, 0.29) is 41.6 Å². The van der Waals surface area contributed by atoms with Crippen LogP contribution in [0.15, 0.2) is 17.0 Å². The van der Waals surface area contributed by atoms with Crippen LogP contribution >= 0.6 is 12.4 Å². The van der Waals surface area contributed by atoms with E-state index >= 15 is 0 Å². The van der Waals surface area contributed by atoms with Crippen LogP contribution in [0.1, 0.15) is 12.8 Å². The summed E-state index contributed by atoms with van der Waals surface area (Å²) >= 11 is 0. The Hall–Kier alpha value is -1.55. The Morgan fingerprint density at radius 3 is 2.60 bits per heavy atom. The lowest BCUT2D eigenvalue weighted by Gasteiger charge is -2.31. The third kappa shape index (κ3) is 3.84. The van der Waals surface area contributed by atoms with Gasteiger partial charge in [-0.15, -0.1) is 12.4 Å². The van der Waals surface area contributed by atoms with Gasteiger partial charge in [0.2, 0.25) is 10.0 Å². The number of hydrogen-bond acceptors (Lipinski definition) is 6. The predicted molar refractivity (Wildman–Crippen MR) is 95.2 cm³/mol. The largest absolute Gasteiger partial charge is 0.495 e. The second-order valence-electron chi connectivity index (χ2n) is 5.84. The van der Waals surface area contributed by atoms with Gasteiger partial charge in [-0.05, 0) is 25.9 Å². The second-order valence-corrected chi connectivity index (χ2v) is 7.80. The van der Waals surface area contributed by atoms with E-state index in [2.05, 4.69) is 10.6 Å². The molecule has 2 N–H and O–H groups in total. The van der Waals surface area contributed by atoms with Crippen molar-refractivity contribution in [2.45, 2.75) is 23.8 Å². The van der Waals surface area contributed by atoms with Crippen molar-refractivity contribution in [3.63, 3.8) is 0 Å². The van der Waals surface area contributed by atoms with Crippen LogP contribution in [-0.4, -0.2) is 58.5 Å². The first-order valence-corrected chi connectivity index (χ1v) is 9.21. The van der Waals surface area contributed by atoms with Gasteiger partial charge < -0.3 is 20.1 Å². The van der Waals surface area contributed by atoms with Gasteiger partial charge in [0.15, 0.2) is 6.61 Å². The fraction of sp³-hybridized carbons (Fsp3) is 0.533. The summed E-state index contributed by atoms with van der Waals surface area (Å²) in [5.41, 5.74) is 0.409. The van der Waals surface area contributed by atoms with Gasteiger partial charge in [0.05, 0.1) is 12.8 Å². The molecule has 1 amide bonds. The molecule has 0 spiro atoms. The molecule has 0 saturated carbocycles. The molecule has 1 aromatic rings. The highest BCUT2D eigenvalue weighted by molar-refractivity contribution is 7.89. The molecule has 2 aliphatic heterocycles. The quantitative estimate of drug-likeness (QED) is 0.788. The molecular weight excluding hydrogens is 370 g/mol. The number of nitrogens with one attached hydrogen (secondary N) is 2. The van der Waals surface area contributed by atoms with Crippen molar-refractivity contribution < 1.29 is 22.7 Å². The first kappa shape index (κ1) is 19.8. The molecule has 0 radical (unpaired) electrons. The van der Waals surface area contributed by atoms with Gasteiger partial charge in [-0.2, -0.15) is 4.31 Å². The Morgan fingerprint density at radius 1 is 1.28 bits per heavy atom. The molecule has 1 saturated heterocycles. The highest BCUT2D eigenvalue weighted by Crippen LogP contribution is 2.38. The van der Waals surface area contributed by atoms with Crippen LogP contribution in [-0.2, 0) is 14.8 Å². The summed E-state index contributed by atoms with van der Waals surface area (Å²) in [4.78, 5) is 11.5. The summed E-state index contributed by atoms with van der Waals surface area (Å²) in [5, 5.41) is 5.87. The minimum absolute atomic E-state index is 0. The lowest BCUT2D eigenvalue weighted by molar-refractivity contribution is -0.118. The van der Waals surface area contributed by atoms with E-state index < -0.39 is 10.0 Å². The Balaban J connectivity index is 0.00000225. The number of halogens is 1. The summed E-state index contributed by atoms with van der Waals surface area (Å²) < 4.78 is 38.1. The first-order chi connectivity index (χ1) is 11.4. The molecule has 1 fully saturated rings. The van der Waals surface area contributed by atoms with Crippen molar-refractivity contribution in [1.82, 2.24) is 9.62 Å². The third-order valence-corrected chi connectivity index (χ3v) is 6.31. The van der Waals surface area contributed by atoms with Crippen LogP contribution in [0.3, 0.4) is 0 Å². The number of amides is 1. The number of benzene rings is 1. The van der Waals surface area contributed by atoms with Gasteiger partial charge in [-0.1, -0.05) is 0 Å². The molecule has 8 nitrogen and oxygen atoms in total. The zero-order valence-corrected chi connectivity index (χ0v) is 15.7. The van der Waals surface area contributed by atoms with Crippen molar-refractivity contribution in [2.24, 2.45) is 0 Å². The number of anilines is 1. The lowest BCUT2D eigenvalue weighted by Crippen LogP contribution is -2.44. The van der Waals surface area contributed by atoms with E-state index in [0.717, 1.165) is 25.9 Å². The van der Waals surface area contributed by atoms with Crippen LogP contribution < -0.4 is 20.1 Å². The van der Waals surface area contributed by atoms with Gasteiger partial charge in [-0.25, -0.2) is 8.42 Å². The summed E-state index contributed by atoms with van der Waals surface area (Å²) in [6.45, 7) is 1.45. The molecule has 3 rings (SSSR count). The maximum atomic E-state index is 13.0. The Labute approximate surface area is 153 Å². The number of piperidine rings is 1. The SMILES string of the molecule is COc1cc2c(cc1S(=O)(=O)N(C)C1CCNCC1)OCC(=O)N2.Cl. The predicted octanol–water partition coefficient (Wildman–Crippen LogP) is 0.820. The molecule has 0 unspecified atom stereocenters.